The van der Waals surface area contributed by atoms with E-state index < -0.39 is 11.4 Å². The van der Waals surface area contributed by atoms with Gasteiger partial charge in [-0.25, -0.2) is 0 Å². The summed E-state index contributed by atoms with van der Waals surface area (Å²) >= 11 is 0. The van der Waals surface area contributed by atoms with Gasteiger partial charge in [0.25, 0.3) is 0 Å². The second-order valence-corrected chi connectivity index (χ2v) is 5.21. The number of hydrogen-bond acceptors (Lipinski definition) is 3. The van der Waals surface area contributed by atoms with Gasteiger partial charge in [-0.3, -0.25) is 9.59 Å². The lowest BCUT2D eigenvalue weighted by Crippen LogP contribution is -2.45. The van der Waals surface area contributed by atoms with Crippen LogP contribution in [0.15, 0.2) is 12.1 Å². The lowest BCUT2D eigenvalue weighted by Gasteiger charge is -2.36. The van der Waals surface area contributed by atoms with Crippen LogP contribution in [0.4, 0.5) is 0 Å². The highest BCUT2D eigenvalue weighted by atomic mass is 16.5. The van der Waals surface area contributed by atoms with E-state index in [0.717, 1.165) is 23.3 Å². The number of ketones is 1. The fourth-order valence-corrected chi connectivity index (χ4v) is 2.75. The second kappa shape index (κ2) is 4.68. The molecule has 2 rings (SSSR count). The molecule has 0 radical (unpaired) electrons. The average molecular weight is 262 g/mol. The number of ether oxygens (including phenoxy) is 1. The van der Waals surface area contributed by atoms with Gasteiger partial charge >= 0.3 is 5.97 Å². The lowest BCUT2D eigenvalue weighted by molar-refractivity contribution is -0.150. The molecule has 0 atom stereocenters. The van der Waals surface area contributed by atoms with Crippen molar-refractivity contribution in [3.63, 3.8) is 0 Å². The number of Topliss-reactive ketones (excluding diaryl/α,β-unsaturated/α-hetero) is 1. The fraction of sp³-hybridized carbons (Fsp3) is 0.467. The summed E-state index contributed by atoms with van der Waals surface area (Å²) < 4.78 is 5.26. The van der Waals surface area contributed by atoms with Crippen molar-refractivity contribution in [3.05, 3.63) is 28.8 Å². The number of carbonyl (C=O) groups is 2. The van der Waals surface area contributed by atoms with E-state index in [9.17, 15) is 14.7 Å². The van der Waals surface area contributed by atoms with Gasteiger partial charge < -0.3 is 9.84 Å². The number of benzene rings is 1. The van der Waals surface area contributed by atoms with E-state index in [1.165, 1.54) is 0 Å². The van der Waals surface area contributed by atoms with Crippen LogP contribution in [0.25, 0.3) is 0 Å². The summed E-state index contributed by atoms with van der Waals surface area (Å²) in [6.07, 6.45) is 1.67. The Morgan fingerprint density at radius 1 is 1.21 bits per heavy atom. The van der Waals surface area contributed by atoms with Crippen LogP contribution < -0.4 is 4.74 Å². The molecular formula is C15H18O4. The van der Waals surface area contributed by atoms with Crippen molar-refractivity contribution < 1.29 is 19.4 Å². The van der Waals surface area contributed by atoms with Crippen LogP contribution in [0.5, 0.6) is 5.75 Å². The van der Waals surface area contributed by atoms with Crippen LogP contribution in [0, 0.1) is 19.3 Å². The normalized spacial score (nSPS) is 16.6. The minimum absolute atomic E-state index is 0.278. The number of hydrogen-bond donors (Lipinski definition) is 1. The molecule has 1 aromatic carbocycles. The molecule has 0 spiro atoms. The van der Waals surface area contributed by atoms with Gasteiger partial charge in [-0.1, -0.05) is 6.42 Å². The van der Waals surface area contributed by atoms with E-state index in [1.54, 1.807) is 19.2 Å². The van der Waals surface area contributed by atoms with Crippen LogP contribution in [0.1, 0.15) is 40.7 Å². The summed E-state index contributed by atoms with van der Waals surface area (Å²) in [6.45, 7) is 3.72. The molecule has 0 aliphatic heterocycles. The molecule has 4 heteroatoms. The monoisotopic (exact) mass is 262 g/mol. The molecule has 0 aromatic heterocycles. The van der Waals surface area contributed by atoms with Gasteiger partial charge in [-0.05, 0) is 49.9 Å². The Morgan fingerprint density at radius 2 is 1.74 bits per heavy atom. The first-order valence-corrected chi connectivity index (χ1v) is 6.36. The predicted molar refractivity (Wildman–Crippen MR) is 70.7 cm³/mol. The first kappa shape index (κ1) is 13.6. The number of carbonyl (C=O) groups excluding carboxylic acids is 1. The SMILES string of the molecule is COc1c(C)cc(C(=O)C2(C(=O)O)CCC2)cc1C. The first-order chi connectivity index (χ1) is 8.92. The zero-order chi connectivity index (χ0) is 14.2. The number of aliphatic carboxylic acids is 1. The Bertz CT molecular complexity index is 518. The number of aryl methyl sites for hydroxylation is 2. The topological polar surface area (TPSA) is 63.6 Å². The first-order valence-electron chi connectivity index (χ1n) is 6.36. The zero-order valence-corrected chi connectivity index (χ0v) is 11.4. The van der Waals surface area contributed by atoms with E-state index in [4.69, 9.17) is 4.74 Å². The standard InChI is InChI=1S/C15H18O4/c1-9-7-11(8-10(2)12(9)19-3)13(16)15(14(17)18)5-4-6-15/h7-8H,4-6H2,1-3H3,(H,17,18). The van der Waals surface area contributed by atoms with Crippen molar-refractivity contribution in [1.29, 1.82) is 0 Å². The van der Waals surface area contributed by atoms with Gasteiger partial charge in [0.2, 0.25) is 0 Å². The highest BCUT2D eigenvalue weighted by Gasteiger charge is 2.51. The fourth-order valence-electron chi connectivity index (χ4n) is 2.75. The van der Waals surface area contributed by atoms with Crippen LogP contribution in [-0.4, -0.2) is 24.0 Å². The second-order valence-electron chi connectivity index (χ2n) is 5.21. The third kappa shape index (κ3) is 2.01. The molecule has 1 aromatic rings. The van der Waals surface area contributed by atoms with Crippen LogP contribution in [0.2, 0.25) is 0 Å². The summed E-state index contributed by atoms with van der Waals surface area (Å²) in [6, 6.07) is 3.44. The molecule has 0 amide bonds. The van der Waals surface area contributed by atoms with Gasteiger partial charge in [0.15, 0.2) is 5.78 Å². The number of carboxylic acid groups (broad SMARTS) is 1. The maximum atomic E-state index is 12.5. The van der Waals surface area contributed by atoms with E-state index in [0.29, 0.717) is 18.4 Å². The summed E-state index contributed by atoms with van der Waals surface area (Å²) in [4.78, 5) is 23.8. The third-order valence-electron chi connectivity index (χ3n) is 3.98. The van der Waals surface area contributed by atoms with Gasteiger partial charge in [-0.15, -0.1) is 0 Å². The number of methoxy groups -OCH3 is 1. The maximum absolute atomic E-state index is 12.5. The molecule has 1 fully saturated rings. The van der Waals surface area contributed by atoms with Crippen molar-refractivity contribution in [1.82, 2.24) is 0 Å². The van der Waals surface area contributed by atoms with E-state index in [-0.39, 0.29) is 5.78 Å². The van der Waals surface area contributed by atoms with Crippen molar-refractivity contribution in [3.8, 4) is 5.75 Å². The Morgan fingerprint density at radius 3 is 2.05 bits per heavy atom. The summed E-state index contributed by atoms with van der Waals surface area (Å²) in [5.74, 6) is -0.537. The summed E-state index contributed by atoms with van der Waals surface area (Å²) in [7, 11) is 1.58. The summed E-state index contributed by atoms with van der Waals surface area (Å²) in [5.41, 5.74) is 0.974. The quantitative estimate of drug-likeness (QED) is 0.669. The highest BCUT2D eigenvalue weighted by molar-refractivity contribution is 6.13. The van der Waals surface area contributed by atoms with E-state index in [1.807, 2.05) is 13.8 Å². The molecule has 102 valence electrons. The molecule has 19 heavy (non-hydrogen) atoms. The molecule has 1 aliphatic rings. The minimum atomic E-state index is -1.20. The largest absolute Gasteiger partial charge is 0.496 e. The van der Waals surface area contributed by atoms with Gasteiger partial charge in [0.05, 0.1) is 7.11 Å². The molecule has 0 saturated heterocycles. The van der Waals surface area contributed by atoms with Gasteiger partial charge in [-0.2, -0.15) is 0 Å². The molecule has 0 heterocycles. The molecule has 1 aliphatic carbocycles. The van der Waals surface area contributed by atoms with E-state index >= 15 is 0 Å². The Kier molecular flexibility index (Phi) is 3.35. The molecule has 0 unspecified atom stereocenters. The van der Waals surface area contributed by atoms with Crippen LogP contribution in [-0.2, 0) is 4.79 Å². The molecule has 4 nitrogen and oxygen atoms in total. The zero-order valence-electron chi connectivity index (χ0n) is 11.4. The van der Waals surface area contributed by atoms with Gasteiger partial charge in [0, 0.05) is 5.56 Å². The van der Waals surface area contributed by atoms with Crippen LogP contribution >= 0.6 is 0 Å². The molecule has 0 bridgehead atoms. The predicted octanol–water partition coefficient (Wildman–Crippen LogP) is 2.75. The third-order valence-corrected chi connectivity index (χ3v) is 3.98. The maximum Gasteiger partial charge on any atom is 0.317 e. The summed E-state index contributed by atoms with van der Waals surface area (Å²) in [5, 5.41) is 9.31. The van der Waals surface area contributed by atoms with E-state index in [2.05, 4.69) is 0 Å². The van der Waals surface area contributed by atoms with Crippen molar-refractivity contribution in [2.45, 2.75) is 33.1 Å². The van der Waals surface area contributed by atoms with Crippen molar-refractivity contribution in [2.75, 3.05) is 7.11 Å². The Labute approximate surface area is 112 Å². The van der Waals surface area contributed by atoms with Crippen molar-refractivity contribution >= 4 is 11.8 Å². The Hall–Kier alpha value is -1.84. The minimum Gasteiger partial charge on any atom is -0.496 e. The lowest BCUT2D eigenvalue weighted by atomic mass is 9.64. The average Bonchev–Trinajstić information content (AvgIpc) is 2.26. The van der Waals surface area contributed by atoms with Crippen LogP contribution in [0.3, 0.4) is 0 Å². The highest BCUT2D eigenvalue weighted by Crippen LogP contribution is 2.44. The molecular weight excluding hydrogens is 244 g/mol. The van der Waals surface area contributed by atoms with Gasteiger partial charge in [0.1, 0.15) is 11.2 Å². The number of carboxylic acids is 1. The smallest absolute Gasteiger partial charge is 0.317 e. The number of rotatable bonds is 4. The Balaban J connectivity index is 2.43. The molecule has 1 saturated carbocycles. The van der Waals surface area contributed by atoms with Crippen molar-refractivity contribution in [2.24, 2.45) is 5.41 Å². The molecule has 1 N–H and O–H groups in total.